The van der Waals surface area contributed by atoms with E-state index in [1.165, 1.54) is 6.92 Å². The van der Waals surface area contributed by atoms with Gasteiger partial charge in [-0.05, 0) is 19.9 Å². The molecule has 0 radical (unpaired) electrons. The Labute approximate surface area is 135 Å². The van der Waals surface area contributed by atoms with Crippen molar-refractivity contribution in [1.29, 1.82) is 0 Å². The molecule has 0 aromatic carbocycles. The molecule has 1 N–H and O–H groups in total. The third-order valence-corrected chi connectivity index (χ3v) is 3.63. The number of hydrogen-bond donors (Lipinski definition) is 1. The van der Waals surface area contributed by atoms with Gasteiger partial charge in [0, 0.05) is 12.7 Å². The summed E-state index contributed by atoms with van der Waals surface area (Å²) in [7, 11) is 0. The Balaban J connectivity index is 2.00. The first kappa shape index (κ1) is 17.3. The van der Waals surface area contributed by atoms with Gasteiger partial charge in [-0.1, -0.05) is 11.6 Å². The fraction of sp³-hybridized carbons (Fsp3) is 0.462. The first-order valence-corrected chi connectivity index (χ1v) is 7.19. The summed E-state index contributed by atoms with van der Waals surface area (Å²) in [5.41, 5.74) is -0.443. The van der Waals surface area contributed by atoms with Crippen LogP contribution in [0.4, 0.5) is 13.2 Å². The SMILES string of the molecule is CCn1ccc(CNC(=O)Cn2nc(C(F)(F)F)c(Cl)c2C)n1. The van der Waals surface area contributed by atoms with Gasteiger partial charge in [0.15, 0.2) is 5.69 Å². The standard InChI is InChI=1S/C13H15ClF3N5O/c1-3-21-5-4-9(19-21)6-18-10(23)7-22-8(2)11(14)12(20-22)13(15,16)17/h4-5H,3,6-7H2,1-2H3,(H,18,23). The number of hydrogen-bond acceptors (Lipinski definition) is 3. The molecule has 1 amide bonds. The summed E-state index contributed by atoms with van der Waals surface area (Å²) in [6.07, 6.45) is -2.88. The van der Waals surface area contributed by atoms with Crippen molar-refractivity contribution in [3.63, 3.8) is 0 Å². The van der Waals surface area contributed by atoms with Crippen LogP contribution < -0.4 is 5.32 Å². The van der Waals surface area contributed by atoms with Crippen LogP contribution in [-0.4, -0.2) is 25.5 Å². The molecule has 0 fully saturated rings. The van der Waals surface area contributed by atoms with Crippen LogP contribution in [0.2, 0.25) is 5.02 Å². The van der Waals surface area contributed by atoms with Gasteiger partial charge < -0.3 is 5.32 Å². The van der Waals surface area contributed by atoms with Gasteiger partial charge in [0.1, 0.15) is 6.54 Å². The summed E-state index contributed by atoms with van der Waals surface area (Å²) in [6.45, 7) is 3.85. The van der Waals surface area contributed by atoms with Crippen molar-refractivity contribution < 1.29 is 18.0 Å². The van der Waals surface area contributed by atoms with Gasteiger partial charge >= 0.3 is 6.18 Å². The quantitative estimate of drug-likeness (QED) is 0.901. The molecule has 126 valence electrons. The molecular formula is C13H15ClF3N5O. The molecule has 23 heavy (non-hydrogen) atoms. The number of rotatable bonds is 5. The van der Waals surface area contributed by atoms with E-state index in [1.807, 2.05) is 6.92 Å². The molecular weight excluding hydrogens is 335 g/mol. The van der Waals surface area contributed by atoms with Crippen molar-refractivity contribution in [2.24, 2.45) is 0 Å². The van der Waals surface area contributed by atoms with Gasteiger partial charge in [0.2, 0.25) is 5.91 Å². The van der Waals surface area contributed by atoms with E-state index < -0.39 is 22.8 Å². The molecule has 0 aliphatic heterocycles. The zero-order valence-electron chi connectivity index (χ0n) is 12.5. The third kappa shape index (κ3) is 4.04. The third-order valence-electron chi connectivity index (χ3n) is 3.18. The Morgan fingerprint density at radius 3 is 2.61 bits per heavy atom. The van der Waals surface area contributed by atoms with E-state index in [1.54, 1.807) is 16.9 Å². The lowest BCUT2D eigenvalue weighted by Gasteiger charge is -2.05. The molecule has 0 saturated heterocycles. The van der Waals surface area contributed by atoms with Gasteiger partial charge in [-0.2, -0.15) is 23.4 Å². The molecule has 0 aliphatic rings. The topological polar surface area (TPSA) is 64.7 Å². The fourth-order valence-corrected chi connectivity index (χ4v) is 2.16. The van der Waals surface area contributed by atoms with Gasteiger partial charge in [0.25, 0.3) is 0 Å². The number of alkyl halides is 3. The number of amides is 1. The van der Waals surface area contributed by atoms with E-state index in [4.69, 9.17) is 11.6 Å². The predicted octanol–water partition coefficient (Wildman–Crippen LogP) is 2.40. The van der Waals surface area contributed by atoms with Crippen LogP contribution in [-0.2, 0) is 30.6 Å². The molecule has 6 nitrogen and oxygen atoms in total. The molecule has 0 atom stereocenters. The predicted molar refractivity (Wildman–Crippen MR) is 76.7 cm³/mol. The van der Waals surface area contributed by atoms with Gasteiger partial charge in [-0.15, -0.1) is 0 Å². The van der Waals surface area contributed by atoms with Gasteiger partial charge in [-0.3, -0.25) is 14.2 Å². The second-order valence-electron chi connectivity index (χ2n) is 4.84. The largest absolute Gasteiger partial charge is 0.436 e. The normalized spacial score (nSPS) is 11.7. The highest BCUT2D eigenvalue weighted by molar-refractivity contribution is 6.32. The molecule has 2 aromatic rings. The highest BCUT2D eigenvalue weighted by Gasteiger charge is 2.38. The Bertz CT molecular complexity index is 707. The smallest absolute Gasteiger partial charge is 0.349 e. The monoisotopic (exact) mass is 349 g/mol. The number of halogens is 4. The zero-order valence-corrected chi connectivity index (χ0v) is 13.2. The maximum Gasteiger partial charge on any atom is 0.436 e. The minimum atomic E-state index is -4.66. The van der Waals surface area contributed by atoms with E-state index in [2.05, 4.69) is 15.5 Å². The van der Waals surface area contributed by atoms with Crippen LogP contribution >= 0.6 is 11.6 Å². The molecule has 0 bridgehead atoms. The van der Waals surface area contributed by atoms with Crippen molar-refractivity contribution in [3.05, 3.63) is 34.4 Å². The van der Waals surface area contributed by atoms with Crippen LogP contribution in [0.1, 0.15) is 24.0 Å². The maximum absolute atomic E-state index is 12.7. The lowest BCUT2D eigenvalue weighted by atomic mass is 10.3. The average Bonchev–Trinajstić information content (AvgIpc) is 3.04. The fourth-order valence-electron chi connectivity index (χ4n) is 1.91. The van der Waals surface area contributed by atoms with Crippen LogP contribution in [0.25, 0.3) is 0 Å². The first-order valence-electron chi connectivity index (χ1n) is 6.81. The summed E-state index contributed by atoms with van der Waals surface area (Å²) in [4.78, 5) is 11.9. The molecule has 0 aliphatic carbocycles. The summed E-state index contributed by atoms with van der Waals surface area (Å²) >= 11 is 5.63. The molecule has 2 rings (SSSR count). The van der Waals surface area contributed by atoms with Gasteiger partial charge in [-0.25, -0.2) is 0 Å². The van der Waals surface area contributed by atoms with Crippen molar-refractivity contribution in [2.45, 2.75) is 39.7 Å². The lowest BCUT2D eigenvalue weighted by molar-refractivity contribution is -0.141. The number of aromatic nitrogens is 4. The molecule has 0 saturated carbocycles. The highest BCUT2D eigenvalue weighted by atomic mass is 35.5. The minimum absolute atomic E-state index is 0.0874. The minimum Gasteiger partial charge on any atom is -0.349 e. The number of aryl methyl sites for hydroxylation is 1. The van der Waals surface area contributed by atoms with E-state index in [0.717, 1.165) is 4.68 Å². The Kier molecular flexibility index (Phi) is 4.98. The number of carbonyl (C=O) groups excluding carboxylic acids is 1. The Morgan fingerprint density at radius 1 is 1.39 bits per heavy atom. The van der Waals surface area contributed by atoms with Crippen molar-refractivity contribution in [3.8, 4) is 0 Å². The van der Waals surface area contributed by atoms with Crippen molar-refractivity contribution in [2.75, 3.05) is 0 Å². The molecule has 2 heterocycles. The lowest BCUT2D eigenvalue weighted by Crippen LogP contribution is -2.28. The molecule has 0 spiro atoms. The second-order valence-corrected chi connectivity index (χ2v) is 5.22. The zero-order chi connectivity index (χ0) is 17.2. The van der Waals surface area contributed by atoms with E-state index in [0.29, 0.717) is 12.2 Å². The summed E-state index contributed by atoms with van der Waals surface area (Å²) in [6, 6.07) is 1.75. The van der Waals surface area contributed by atoms with Crippen LogP contribution in [0.3, 0.4) is 0 Å². The molecule has 0 unspecified atom stereocenters. The van der Waals surface area contributed by atoms with Gasteiger partial charge in [0.05, 0.1) is 23.0 Å². The van der Waals surface area contributed by atoms with Crippen LogP contribution in [0.15, 0.2) is 12.3 Å². The Morgan fingerprint density at radius 2 is 2.09 bits per heavy atom. The average molecular weight is 350 g/mol. The van der Waals surface area contributed by atoms with Crippen molar-refractivity contribution in [1.82, 2.24) is 24.9 Å². The number of carbonyl (C=O) groups is 1. The Hall–Kier alpha value is -2.03. The molecule has 10 heteroatoms. The van der Waals surface area contributed by atoms with E-state index in [9.17, 15) is 18.0 Å². The van der Waals surface area contributed by atoms with Crippen LogP contribution in [0, 0.1) is 6.92 Å². The van der Waals surface area contributed by atoms with E-state index >= 15 is 0 Å². The second kappa shape index (κ2) is 6.61. The summed E-state index contributed by atoms with van der Waals surface area (Å²) in [5, 5.41) is 9.64. The van der Waals surface area contributed by atoms with Crippen LogP contribution in [0.5, 0.6) is 0 Å². The maximum atomic E-state index is 12.7. The summed E-state index contributed by atoms with van der Waals surface area (Å²) < 4.78 is 40.8. The number of nitrogens with zero attached hydrogens (tertiary/aromatic N) is 4. The first-order chi connectivity index (χ1) is 10.7. The number of nitrogens with one attached hydrogen (secondary N) is 1. The molecule has 2 aromatic heterocycles. The summed E-state index contributed by atoms with van der Waals surface area (Å²) in [5.74, 6) is -0.480. The van der Waals surface area contributed by atoms with E-state index in [-0.39, 0.29) is 18.8 Å². The highest BCUT2D eigenvalue weighted by Crippen LogP contribution is 2.35. The van der Waals surface area contributed by atoms with Crippen molar-refractivity contribution >= 4 is 17.5 Å².